The van der Waals surface area contributed by atoms with Crippen molar-refractivity contribution in [2.75, 3.05) is 0 Å². The molecule has 0 rings (SSSR count). The second-order valence-corrected chi connectivity index (χ2v) is 5.36. The Labute approximate surface area is 125 Å². The summed E-state index contributed by atoms with van der Waals surface area (Å²) in [5, 5.41) is 8.50. The van der Waals surface area contributed by atoms with Crippen molar-refractivity contribution in [2.45, 2.75) is 84.0 Å². The molecule has 0 aliphatic carbocycles. The topological polar surface area (TPSA) is 37.3 Å². The van der Waals surface area contributed by atoms with Gasteiger partial charge in [-0.3, -0.25) is 4.79 Å². The lowest BCUT2D eigenvalue weighted by Crippen LogP contribution is -1.93. The largest absolute Gasteiger partial charge is 0.481 e. The highest BCUT2D eigenvalue weighted by Gasteiger charge is 1.95. The first-order chi connectivity index (χ1) is 9.77. The van der Waals surface area contributed by atoms with Gasteiger partial charge in [-0.25, -0.2) is 0 Å². The number of aliphatic carboxylic acids is 1. The fourth-order valence-electron chi connectivity index (χ4n) is 2.05. The standard InChI is InChI=1S/C18H32O2/c1-2-3-4-5-6-7-8-9-10-11-12-13-14-15-16-17-18(19)20/h5-6,9-10H,2-4,7-8,11-17H2,1H3,(H,19,20)/b6-5?,10-9+. The maximum Gasteiger partial charge on any atom is 0.303 e. The molecule has 2 heteroatoms. The van der Waals surface area contributed by atoms with Crippen LogP contribution >= 0.6 is 0 Å². The molecule has 0 aromatic carbocycles. The van der Waals surface area contributed by atoms with Crippen LogP contribution in [0.2, 0.25) is 0 Å². The van der Waals surface area contributed by atoms with Gasteiger partial charge in [0.25, 0.3) is 0 Å². The Morgan fingerprint density at radius 3 is 1.85 bits per heavy atom. The van der Waals surface area contributed by atoms with Crippen molar-refractivity contribution >= 4 is 5.97 Å². The molecule has 0 amide bonds. The van der Waals surface area contributed by atoms with Crippen LogP contribution in [-0.2, 0) is 4.79 Å². The predicted octanol–water partition coefficient (Wildman–Crippen LogP) is 5.88. The maximum atomic E-state index is 10.3. The zero-order chi connectivity index (χ0) is 14.9. The molecule has 20 heavy (non-hydrogen) atoms. The Kier molecular flexibility index (Phi) is 15.2. The summed E-state index contributed by atoms with van der Waals surface area (Å²) in [6.45, 7) is 2.22. The molecule has 0 aliphatic heterocycles. The van der Waals surface area contributed by atoms with E-state index in [0.717, 1.165) is 25.7 Å². The van der Waals surface area contributed by atoms with Crippen LogP contribution in [0.25, 0.3) is 0 Å². The van der Waals surface area contributed by atoms with Gasteiger partial charge in [0.1, 0.15) is 0 Å². The van der Waals surface area contributed by atoms with E-state index < -0.39 is 5.97 Å². The van der Waals surface area contributed by atoms with E-state index in [0.29, 0.717) is 6.42 Å². The first-order valence-electron chi connectivity index (χ1n) is 8.29. The van der Waals surface area contributed by atoms with E-state index in [1.807, 2.05) is 0 Å². The molecule has 0 bridgehead atoms. The fourth-order valence-corrected chi connectivity index (χ4v) is 2.05. The van der Waals surface area contributed by atoms with E-state index in [2.05, 4.69) is 31.2 Å². The summed E-state index contributed by atoms with van der Waals surface area (Å²) in [4.78, 5) is 10.3. The number of rotatable bonds is 14. The van der Waals surface area contributed by atoms with Gasteiger partial charge in [0.15, 0.2) is 0 Å². The number of hydrogen-bond donors (Lipinski definition) is 1. The van der Waals surface area contributed by atoms with Gasteiger partial charge in [-0.1, -0.05) is 63.3 Å². The smallest absolute Gasteiger partial charge is 0.303 e. The third-order valence-electron chi connectivity index (χ3n) is 3.32. The van der Waals surface area contributed by atoms with E-state index >= 15 is 0 Å². The van der Waals surface area contributed by atoms with Gasteiger partial charge >= 0.3 is 5.97 Å². The summed E-state index contributed by atoms with van der Waals surface area (Å²) in [6.07, 6.45) is 22.3. The molecule has 116 valence electrons. The monoisotopic (exact) mass is 280 g/mol. The van der Waals surface area contributed by atoms with Crippen LogP contribution in [0.5, 0.6) is 0 Å². The van der Waals surface area contributed by atoms with Gasteiger partial charge in [0.05, 0.1) is 0 Å². The first kappa shape index (κ1) is 18.9. The normalized spacial score (nSPS) is 11.7. The van der Waals surface area contributed by atoms with Crippen LogP contribution in [0.15, 0.2) is 24.3 Å². The Morgan fingerprint density at radius 2 is 1.25 bits per heavy atom. The Hall–Kier alpha value is -1.05. The van der Waals surface area contributed by atoms with Crippen molar-refractivity contribution in [2.24, 2.45) is 0 Å². The number of unbranched alkanes of at least 4 members (excludes halogenated alkanes) is 8. The Bertz CT molecular complexity index is 267. The summed E-state index contributed by atoms with van der Waals surface area (Å²) in [5.41, 5.74) is 0. The van der Waals surface area contributed by atoms with E-state index in [9.17, 15) is 4.79 Å². The highest BCUT2D eigenvalue weighted by atomic mass is 16.4. The van der Waals surface area contributed by atoms with Crippen molar-refractivity contribution in [3.63, 3.8) is 0 Å². The fraction of sp³-hybridized carbons (Fsp3) is 0.722. The molecule has 2 nitrogen and oxygen atoms in total. The Balaban J connectivity index is 3.16. The van der Waals surface area contributed by atoms with Crippen LogP contribution in [0, 0.1) is 0 Å². The molecular formula is C18H32O2. The van der Waals surface area contributed by atoms with Crippen LogP contribution in [0.1, 0.15) is 84.0 Å². The highest BCUT2D eigenvalue weighted by Crippen LogP contribution is 2.08. The van der Waals surface area contributed by atoms with E-state index in [-0.39, 0.29) is 0 Å². The minimum absolute atomic E-state index is 0.325. The molecule has 0 unspecified atom stereocenters. The number of carboxylic acids is 1. The molecule has 0 fully saturated rings. The SMILES string of the molecule is CCCCC=CCC/C=C/CCCCCCCC(=O)O. The van der Waals surface area contributed by atoms with Crippen molar-refractivity contribution < 1.29 is 9.90 Å². The summed E-state index contributed by atoms with van der Waals surface area (Å²) in [7, 11) is 0. The van der Waals surface area contributed by atoms with Gasteiger partial charge in [-0.2, -0.15) is 0 Å². The molecule has 0 saturated heterocycles. The molecule has 0 heterocycles. The molecule has 0 saturated carbocycles. The van der Waals surface area contributed by atoms with Crippen LogP contribution in [-0.4, -0.2) is 11.1 Å². The van der Waals surface area contributed by atoms with Gasteiger partial charge in [0, 0.05) is 6.42 Å². The van der Waals surface area contributed by atoms with Crippen LogP contribution < -0.4 is 0 Å². The minimum Gasteiger partial charge on any atom is -0.481 e. The third kappa shape index (κ3) is 16.9. The molecule has 0 atom stereocenters. The molecular weight excluding hydrogens is 248 g/mol. The zero-order valence-electron chi connectivity index (χ0n) is 13.2. The van der Waals surface area contributed by atoms with E-state index in [1.165, 1.54) is 44.9 Å². The van der Waals surface area contributed by atoms with Crippen LogP contribution in [0.4, 0.5) is 0 Å². The van der Waals surface area contributed by atoms with Crippen LogP contribution in [0.3, 0.4) is 0 Å². The lowest BCUT2D eigenvalue weighted by molar-refractivity contribution is -0.137. The molecule has 1 N–H and O–H groups in total. The van der Waals surface area contributed by atoms with Crippen molar-refractivity contribution in [1.29, 1.82) is 0 Å². The van der Waals surface area contributed by atoms with Gasteiger partial charge in [0.2, 0.25) is 0 Å². The minimum atomic E-state index is -0.670. The van der Waals surface area contributed by atoms with E-state index in [1.54, 1.807) is 0 Å². The van der Waals surface area contributed by atoms with Crippen molar-refractivity contribution in [3.8, 4) is 0 Å². The summed E-state index contributed by atoms with van der Waals surface area (Å²) >= 11 is 0. The predicted molar refractivity (Wildman–Crippen MR) is 87.0 cm³/mol. The van der Waals surface area contributed by atoms with Crippen molar-refractivity contribution in [1.82, 2.24) is 0 Å². The summed E-state index contributed by atoms with van der Waals surface area (Å²) < 4.78 is 0. The third-order valence-corrected chi connectivity index (χ3v) is 3.32. The summed E-state index contributed by atoms with van der Waals surface area (Å²) in [6, 6.07) is 0. The first-order valence-corrected chi connectivity index (χ1v) is 8.29. The lowest BCUT2D eigenvalue weighted by Gasteiger charge is -1.98. The van der Waals surface area contributed by atoms with Gasteiger partial charge in [-0.05, 0) is 38.5 Å². The summed E-state index contributed by atoms with van der Waals surface area (Å²) in [5.74, 6) is -0.670. The second kappa shape index (κ2) is 16.0. The van der Waals surface area contributed by atoms with Crippen molar-refractivity contribution in [3.05, 3.63) is 24.3 Å². The maximum absolute atomic E-state index is 10.3. The quantitative estimate of drug-likeness (QED) is 0.318. The number of carbonyl (C=O) groups is 1. The molecule has 0 spiro atoms. The molecule has 0 radical (unpaired) electrons. The van der Waals surface area contributed by atoms with Gasteiger partial charge < -0.3 is 5.11 Å². The molecule has 0 aliphatic rings. The number of allylic oxidation sites excluding steroid dienone is 4. The number of carboxylic acid groups (broad SMARTS) is 1. The lowest BCUT2D eigenvalue weighted by atomic mass is 10.1. The molecule has 0 aromatic heterocycles. The average molecular weight is 280 g/mol. The molecule has 0 aromatic rings. The van der Waals surface area contributed by atoms with Gasteiger partial charge in [-0.15, -0.1) is 0 Å². The zero-order valence-corrected chi connectivity index (χ0v) is 13.2. The van der Waals surface area contributed by atoms with E-state index in [4.69, 9.17) is 5.11 Å². The highest BCUT2D eigenvalue weighted by molar-refractivity contribution is 5.66. The number of hydrogen-bond acceptors (Lipinski definition) is 1. The second-order valence-electron chi connectivity index (χ2n) is 5.36. The average Bonchev–Trinajstić information content (AvgIpc) is 2.43. The Morgan fingerprint density at radius 1 is 0.750 bits per heavy atom.